The maximum absolute atomic E-state index is 16.0. The molecule has 0 atom stereocenters. The summed E-state index contributed by atoms with van der Waals surface area (Å²) in [5.74, 6) is -4.07. The van der Waals surface area contributed by atoms with Gasteiger partial charge >= 0.3 is 11.9 Å². The molecule has 248 valence electrons. The maximum atomic E-state index is 16.0. The first-order chi connectivity index (χ1) is 21.7. The number of aromatic nitrogens is 2. The van der Waals surface area contributed by atoms with Gasteiger partial charge in [0.05, 0.1) is 21.7 Å². The molecule has 0 aliphatic carbocycles. The van der Waals surface area contributed by atoms with Crippen LogP contribution in [0.2, 0.25) is 10.0 Å². The number of carbonyl (C=O) groups excluding carboxylic acids is 1. The zero-order valence-corrected chi connectivity index (χ0v) is 28.1. The van der Waals surface area contributed by atoms with Gasteiger partial charge < -0.3 is 14.9 Å². The van der Waals surface area contributed by atoms with Crippen molar-refractivity contribution in [2.45, 2.75) is 50.2 Å². The smallest absolute Gasteiger partial charge is 0.331 e. The topological polar surface area (TPSA) is 136 Å². The lowest BCUT2D eigenvalue weighted by atomic mass is 9.83. The number of hydrogen-bond acceptors (Lipinski definition) is 7. The minimum atomic E-state index is -4.08. The monoisotopic (exact) mass is 706 g/mol. The molecule has 0 saturated heterocycles. The molecule has 9 nitrogen and oxygen atoms in total. The van der Waals surface area contributed by atoms with E-state index in [9.17, 15) is 23.1 Å². The standard InChI is InChI=1S/C33H30Cl2F2N2O7S/c1-32(2,30-21(34)7-6-8-22(30)35)31-38-27(33(3,4)43)16-39(31)25-10-9-18(13-24(25)37)19-14-23(36)20(26(15-19)47(5,44)45)17-46-29(42)12-11-28(40)41/h6-16,43H,17H2,1-5H3,(H,40,41). The Morgan fingerprint density at radius 1 is 0.979 bits per heavy atom. The van der Waals surface area contributed by atoms with Crippen molar-refractivity contribution < 1.29 is 41.7 Å². The fourth-order valence-corrected chi connectivity index (χ4v) is 6.78. The molecule has 0 aliphatic heterocycles. The van der Waals surface area contributed by atoms with Gasteiger partial charge in [-0.2, -0.15) is 0 Å². The lowest BCUT2D eigenvalue weighted by Gasteiger charge is -2.28. The van der Waals surface area contributed by atoms with Crippen LogP contribution >= 0.6 is 23.2 Å². The highest BCUT2D eigenvalue weighted by Crippen LogP contribution is 2.42. The van der Waals surface area contributed by atoms with Crippen LogP contribution in [0.4, 0.5) is 8.78 Å². The summed E-state index contributed by atoms with van der Waals surface area (Å²) in [5, 5.41) is 20.1. The fraction of sp³-hybridized carbons (Fsp3) is 0.242. The quantitative estimate of drug-likeness (QED) is 0.136. The largest absolute Gasteiger partial charge is 0.478 e. The van der Waals surface area contributed by atoms with Crippen LogP contribution in [-0.2, 0) is 41.8 Å². The number of imidazole rings is 1. The molecule has 4 aromatic rings. The third kappa shape index (κ3) is 7.73. The molecule has 1 aromatic heterocycles. The number of sulfone groups is 1. The van der Waals surface area contributed by atoms with Crippen LogP contribution in [0.5, 0.6) is 0 Å². The minimum Gasteiger partial charge on any atom is -0.478 e. The van der Waals surface area contributed by atoms with Crippen LogP contribution in [0.25, 0.3) is 16.8 Å². The first-order valence-electron chi connectivity index (χ1n) is 13.9. The Morgan fingerprint density at radius 2 is 1.60 bits per heavy atom. The van der Waals surface area contributed by atoms with Gasteiger partial charge in [-0.25, -0.2) is 31.8 Å². The summed E-state index contributed by atoms with van der Waals surface area (Å²) >= 11 is 13.1. The van der Waals surface area contributed by atoms with E-state index in [1.54, 1.807) is 32.0 Å². The van der Waals surface area contributed by atoms with Crippen LogP contribution in [-0.4, -0.2) is 46.4 Å². The van der Waals surface area contributed by atoms with E-state index in [-0.39, 0.29) is 22.5 Å². The predicted octanol–water partition coefficient (Wildman–Crippen LogP) is 6.77. The van der Waals surface area contributed by atoms with Gasteiger partial charge in [-0.15, -0.1) is 0 Å². The number of carbonyl (C=O) groups is 2. The van der Waals surface area contributed by atoms with E-state index in [1.165, 1.54) is 36.7 Å². The summed E-state index contributed by atoms with van der Waals surface area (Å²) in [4.78, 5) is 26.6. The molecule has 14 heteroatoms. The molecule has 0 aliphatic rings. The number of rotatable bonds is 10. The van der Waals surface area contributed by atoms with Crippen molar-refractivity contribution in [1.29, 1.82) is 0 Å². The molecule has 3 aromatic carbocycles. The first-order valence-corrected chi connectivity index (χ1v) is 16.5. The predicted molar refractivity (Wildman–Crippen MR) is 172 cm³/mol. The number of nitrogens with zero attached hydrogens (tertiary/aromatic N) is 2. The lowest BCUT2D eigenvalue weighted by Crippen LogP contribution is -2.25. The number of ether oxygens (including phenoxy) is 1. The normalized spacial score (nSPS) is 12.5. The summed E-state index contributed by atoms with van der Waals surface area (Å²) in [5.41, 5.74) is -1.94. The molecule has 0 saturated carbocycles. The highest BCUT2D eigenvalue weighted by molar-refractivity contribution is 7.90. The fourth-order valence-electron chi connectivity index (χ4n) is 4.97. The molecule has 0 spiro atoms. The van der Waals surface area contributed by atoms with Crippen LogP contribution in [0.1, 0.15) is 50.3 Å². The highest BCUT2D eigenvalue weighted by atomic mass is 35.5. The molecule has 47 heavy (non-hydrogen) atoms. The number of aliphatic carboxylic acids is 1. The zero-order chi connectivity index (χ0) is 35.1. The number of carboxylic acids is 1. The molecule has 0 bridgehead atoms. The van der Waals surface area contributed by atoms with E-state index in [0.29, 0.717) is 33.6 Å². The average Bonchev–Trinajstić information content (AvgIpc) is 3.41. The van der Waals surface area contributed by atoms with Gasteiger partial charge in [-0.1, -0.05) is 35.3 Å². The van der Waals surface area contributed by atoms with Crippen LogP contribution in [0, 0.1) is 11.6 Å². The van der Waals surface area contributed by atoms with E-state index >= 15 is 8.78 Å². The van der Waals surface area contributed by atoms with Gasteiger partial charge in [0, 0.05) is 45.8 Å². The molecule has 1 heterocycles. The third-order valence-electron chi connectivity index (χ3n) is 7.29. The van der Waals surface area contributed by atoms with Crippen LogP contribution in [0.3, 0.4) is 0 Å². The number of carboxylic acid groups (broad SMARTS) is 1. The van der Waals surface area contributed by atoms with Gasteiger partial charge in [0.2, 0.25) is 0 Å². The molecule has 0 amide bonds. The Kier molecular flexibility index (Phi) is 10.0. The Hall–Kier alpha value is -4.10. The van der Waals surface area contributed by atoms with Gasteiger partial charge in [0.1, 0.15) is 29.7 Å². The van der Waals surface area contributed by atoms with Crippen molar-refractivity contribution in [2.24, 2.45) is 0 Å². The first kappa shape index (κ1) is 35.7. The summed E-state index contributed by atoms with van der Waals surface area (Å²) in [6.07, 6.45) is 3.43. The molecule has 2 N–H and O–H groups in total. The number of halogens is 4. The summed E-state index contributed by atoms with van der Waals surface area (Å²) in [7, 11) is -4.08. The maximum Gasteiger partial charge on any atom is 0.331 e. The second-order valence-corrected chi connectivity index (χ2v) is 14.6. The van der Waals surface area contributed by atoms with Crippen molar-refractivity contribution >= 4 is 45.0 Å². The highest BCUT2D eigenvalue weighted by Gasteiger charge is 2.36. The van der Waals surface area contributed by atoms with Crippen molar-refractivity contribution in [1.82, 2.24) is 9.55 Å². The zero-order valence-electron chi connectivity index (χ0n) is 25.8. The Morgan fingerprint density at radius 3 is 2.15 bits per heavy atom. The van der Waals surface area contributed by atoms with E-state index in [2.05, 4.69) is 4.98 Å². The van der Waals surface area contributed by atoms with Gasteiger partial charge in [-0.05, 0) is 75.2 Å². The minimum absolute atomic E-state index is 0.0143. The molecule has 0 fully saturated rings. The van der Waals surface area contributed by atoms with E-state index in [0.717, 1.165) is 24.5 Å². The van der Waals surface area contributed by atoms with Gasteiger partial charge in [0.25, 0.3) is 0 Å². The van der Waals surface area contributed by atoms with Gasteiger partial charge in [-0.3, -0.25) is 4.57 Å². The SMILES string of the molecule is CC(C)(O)c1cn(-c2ccc(-c3cc(F)c(COC(=O)C=CC(=O)O)c(S(C)(=O)=O)c3)cc2F)c(C(C)(C)c2c(Cl)cccc2Cl)n1. The van der Waals surface area contributed by atoms with E-state index < -0.39 is 61.5 Å². The Balaban J connectivity index is 1.82. The van der Waals surface area contributed by atoms with Crippen molar-refractivity contribution in [3.63, 3.8) is 0 Å². The molecular formula is C33H30Cl2F2N2O7S. The second-order valence-electron chi connectivity index (χ2n) is 11.8. The number of aliphatic hydroxyl groups is 1. The number of benzene rings is 3. The molecular weight excluding hydrogens is 677 g/mol. The van der Waals surface area contributed by atoms with Crippen molar-refractivity contribution in [2.75, 3.05) is 6.26 Å². The van der Waals surface area contributed by atoms with Crippen molar-refractivity contribution in [3.05, 3.63) is 111 Å². The van der Waals surface area contributed by atoms with Crippen LogP contribution in [0.15, 0.2) is 71.8 Å². The number of hydrogen-bond donors (Lipinski definition) is 2. The molecule has 4 rings (SSSR count). The molecule has 0 unspecified atom stereocenters. The number of esters is 1. The summed E-state index contributed by atoms with van der Waals surface area (Å²) < 4.78 is 62.9. The lowest BCUT2D eigenvalue weighted by molar-refractivity contribution is -0.140. The average molecular weight is 708 g/mol. The summed E-state index contributed by atoms with van der Waals surface area (Å²) in [6.45, 7) is 5.86. The Bertz CT molecular complexity index is 2010. The molecule has 0 radical (unpaired) electrons. The van der Waals surface area contributed by atoms with E-state index in [1.807, 2.05) is 0 Å². The summed E-state index contributed by atoms with van der Waals surface area (Å²) in [6, 6.07) is 11.1. The second kappa shape index (κ2) is 13.2. The Labute approximate surface area is 280 Å². The third-order valence-corrected chi connectivity index (χ3v) is 9.09. The van der Waals surface area contributed by atoms with E-state index in [4.69, 9.17) is 33.0 Å². The van der Waals surface area contributed by atoms with Gasteiger partial charge in [0.15, 0.2) is 9.84 Å². The van der Waals surface area contributed by atoms with Crippen molar-refractivity contribution in [3.8, 4) is 16.8 Å². The van der Waals surface area contributed by atoms with Crippen LogP contribution < -0.4 is 0 Å².